The van der Waals surface area contributed by atoms with Crippen molar-refractivity contribution < 1.29 is 23.1 Å². The van der Waals surface area contributed by atoms with Crippen LogP contribution in [0.15, 0.2) is 72.8 Å². The summed E-state index contributed by atoms with van der Waals surface area (Å²) in [5.41, 5.74) is 4.85. The summed E-state index contributed by atoms with van der Waals surface area (Å²) in [7, 11) is -4.52. The van der Waals surface area contributed by atoms with E-state index in [0.29, 0.717) is 0 Å². The number of ether oxygens (including phenoxy) is 4. The van der Waals surface area contributed by atoms with Crippen LogP contribution in [-0.4, -0.2) is 44.5 Å². The van der Waals surface area contributed by atoms with Crippen LogP contribution in [0.1, 0.15) is 101 Å². The predicted molar refractivity (Wildman–Crippen MR) is 220 cm³/mol. The Morgan fingerprint density at radius 2 is 0.608 bits per heavy atom. The highest BCUT2D eigenvalue weighted by molar-refractivity contribution is 6.92. The SMILES string of the molecule is CCCCOc1ccc([SiH](O[SiH](c2ccc(OCCCC)cc2C)c2ccc(OCCCC)cc2C)c2ccc(OCCCC)cc2C)c(C)c1. The van der Waals surface area contributed by atoms with Gasteiger partial charge in [0.2, 0.25) is 18.1 Å². The molecule has 0 amide bonds. The number of benzene rings is 4. The van der Waals surface area contributed by atoms with Crippen LogP contribution in [0, 0.1) is 27.7 Å². The molecule has 0 atom stereocenters. The van der Waals surface area contributed by atoms with Crippen molar-refractivity contribution in [1.82, 2.24) is 0 Å². The minimum Gasteiger partial charge on any atom is -0.494 e. The van der Waals surface area contributed by atoms with Crippen LogP contribution in [-0.2, 0) is 4.12 Å². The Balaban J connectivity index is 1.82. The van der Waals surface area contributed by atoms with E-state index in [2.05, 4.69) is 128 Å². The van der Waals surface area contributed by atoms with Gasteiger partial charge in [0, 0.05) is 0 Å². The maximum absolute atomic E-state index is 7.79. The van der Waals surface area contributed by atoms with Crippen LogP contribution >= 0.6 is 0 Å². The fourth-order valence-corrected chi connectivity index (χ4v) is 13.4. The summed E-state index contributed by atoms with van der Waals surface area (Å²) in [6.07, 6.45) is 8.63. The third kappa shape index (κ3) is 11.7. The number of hydrogen-bond donors (Lipinski definition) is 0. The molecule has 0 spiro atoms. The third-order valence-electron chi connectivity index (χ3n) is 9.43. The topological polar surface area (TPSA) is 46.2 Å². The summed E-state index contributed by atoms with van der Waals surface area (Å²) in [4.78, 5) is 0. The van der Waals surface area contributed by atoms with Crippen LogP contribution in [0.25, 0.3) is 0 Å². The highest BCUT2D eigenvalue weighted by Gasteiger charge is 2.31. The van der Waals surface area contributed by atoms with Gasteiger partial charge in [0.15, 0.2) is 0 Å². The first-order chi connectivity index (χ1) is 24.8. The largest absolute Gasteiger partial charge is 0.494 e. The second kappa shape index (κ2) is 21.1. The van der Waals surface area contributed by atoms with Gasteiger partial charge in [-0.3, -0.25) is 0 Å². The van der Waals surface area contributed by atoms with Crippen LogP contribution in [0.3, 0.4) is 0 Å². The molecule has 4 aromatic carbocycles. The van der Waals surface area contributed by atoms with Crippen LogP contribution in [0.5, 0.6) is 23.0 Å². The van der Waals surface area contributed by atoms with Gasteiger partial charge in [-0.15, -0.1) is 0 Å². The zero-order valence-corrected chi connectivity index (χ0v) is 34.9. The van der Waals surface area contributed by atoms with Gasteiger partial charge in [0.1, 0.15) is 23.0 Å². The minimum absolute atomic E-state index is 0.731. The van der Waals surface area contributed by atoms with Crippen molar-refractivity contribution in [3.05, 3.63) is 95.1 Å². The zero-order chi connectivity index (χ0) is 36.6. The Kier molecular flexibility index (Phi) is 16.7. The molecule has 0 unspecified atom stereocenters. The highest BCUT2D eigenvalue weighted by Crippen LogP contribution is 2.20. The smallest absolute Gasteiger partial charge is 0.229 e. The summed E-state index contributed by atoms with van der Waals surface area (Å²) < 4.78 is 32.3. The van der Waals surface area contributed by atoms with E-state index in [0.717, 1.165) is 101 Å². The standard InChI is InChI=1S/C44H62O5Si2/c1-9-13-25-45-37-17-21-41(33(5)29-37)50(42-22-18-38(30-34(42)6)46-26-14-10-2)49-51(43-23-19-39(31-35(43)7)47-27-15-11-3)44-24-20-40(32-36(44)8)48-28-16-12-4/h17-24,29-32,50-51H,9-16,25-28H2,1-8H3. The van der Waals surface area contributed by atoms with Crippen molar-refractivity contribution in [1.29, 1.82) is 0 Å². The Morgan fingerprint density at radius 1 is 0.373 bits per heavy atom. The zero-order valence-electron chi connectivity index (χ0n) is 32.6. The average Bonchev–Trinajstić information content (AvgIpc) is 3.11. The molecular weight excluding hydrogens is 665 g/mol. The molecule has 0 heterocycles. The molecule has 0 radical (unpaired) electrons. The average molecular weight is 727 g/mol. The molecule has 4 aromatic rings. The molecule has 0 aliphatic carbocycles. The van der Waals surface area contributed by atoms with Crippen molar-refractivity contribution in [3.63, 3.8) is 0 Å². The minimum atomic E-state index is -2.26. The Morgan fingerprint density at radius 3 is 0.804 bits per heavy atom. The summed E-state index contributed by atoms with van der Waals surface area (Å²) in [5.74, 6) is 3.69. The van der Waals surface area contributed by atoms with Crippen molar-refractivity contribution in [2.24, 2.45) is 0 Å². The molecule has 0 aliphatic rings. The van der Waals surface area contributed by atoms with Gasteiger partial charge >= 0.3 is 0 Å². The van der Waals surface area contributed by atoms with E-state index in [-0.39, 0.29) is 0 Å². The number of unbranched alkanes of at least 4 members (excludes halogenated alkanes) is 4. The lowest BCUT2D eigenvalue weighted by molar-refractivity contribution is 0.309. The molecule has 0 saturated heterocycles. The maximum atomic E-state index is 7.79. The lowest BCUT2D eigenvalue weighted by atomic mass is 10.2. The van der Waals surface area contributed by atoms with Crippen molar-refractivity contribution in [2.45, 2.75) is 107 Å². The van der Waals surface area contributed by atoms with E-state index in [4.69, 9.17) is 23.1 Å². The van der Waals surface area contributed by atoms with Crippen LogP contribution in [0.4, 0.5) is 0 Å². The third-order valence-corrected chi connectivity index (χ3v) is 16.5. The monoisotopic (exact) mass is 726 g/mol. The predicted octanol–water partition coefficient (Wildman–Crippen LogP) is 8.03. The van der Waals surface area contributed by atoms with Gasteiger partial charge in [0.05, 0.1) is 26.4 Å². The van der Waals surface area contributed by atoms with E-state index >= 15 is 0 Å². The van der Waals surface area contributed by atoms with Gasteiger partial charge in [-0.1, -0.05) is 77.6 Å². The van der Waals surface area contributed by atoms with Crippen molar-refractivity contribution in [3.8, 4) is 23.0 Å². The fourth-order valence-electron chi connectivity index (χ4n) is 6.23. The van der Waals surface area contributed by atoms with E-state index in [9.17, 15) is 0 Å². The van der Waals surface area contributed by atoms with E-state index in [1.165, 1.54) is 43.0 Å². The Hall–Kier alpha value is -3.53. The van der Waals surface area contributed by atoms with Crippen molar-refractivity contribution >= 4 is 38.8 Å². The molecule has 0 saturated carbocycles. The van der Waals surface area contributed by atoms with E-state index < -0.39 is 18.1 Å². The first-order valence-corrected chi connectivity index (χ1v) is 22.6. The normalized spacial score (nSPS) is 11.3. The van der Waals surface area contributed by atoms with E-state index in [1.807, 2.05) is 0 Å². The number of rotatable bonds is 22. The summed E-state index contributed by atoms with van der Waals surface area (Å²) in [6.45, 7) is 20.5. The maximum Gasteiger partial charge on any atom is 0.229 e. The number of aryl methyl sites for hydroxylation is 4. The van der Waals surface area contributed by atoms with Gasteiger partial charge < -0.3 is 23.1 Å². The molecule has 5 nitrogen and oxygen atoms in total. The number of hydrogen-bond acceptors (Lipinski definition) is 5. The molecule has 0 N–H and O–H groups in total. The molecule has 276 valence electrons. The van der Waals surface area contributed by atoms with Gasteiger partial charge in [0.25, 0.3) is 0 Å². The molecule has 0 aromatic heterocycles. The van der Waals surface area contributed by atoms with Crippen LogP contribution < -0.4 is 39.7 Å². The molecular formula is C44H62O5Si2. The summed E-state index contributed by atoms with van der Waals surface area (Å²) >= 11 is 0. The van der Waals surface area contributed by atoms with Gasteiger partial charge in [-0.25, -0.2) is 0 Å². The fraction of sp³-hybridized carbons (Fsp3) is 0.455. The molecule has 4 rings (SSSR count). The lowest BCUT2D eigenvalue weighted by Crippen LogP contribution is -2.58. The van der Waals surface area contributed by atoms with Gasteiger partial charge in [-0.05, 0) is 145 Å². The summed E-state index contributed by atoms with van der Waals surface area (Å²) in [6, 6.07) is 26.4. The van der Waals surface area contributed by atoms with Crippen molar-refractivity contribution in [2.75, 3.05) is 26.4 Å². The molecule has 7 heteroatoms. The lowest BCUT2D eigenvalue weighted by Gasteiger charge is -2.29. The molecule has 0 aliphatic heterocycles. The Labute approximate surface area is 312 Å². The first kappa shape index (κ1) is 40.2. The Bertz CT molecular complexity index is 1420. The second-order valence-corrected chi connectivity index (χ2v) is 18.9. The first-order valence-electron chi connectivity index (χ1n) is 19.4. The van der Waals surface area contributed by atoms with Gasteiger partial charge in [-0.2, -0.15) is 0 Å². The highest BCUT2D eigenvalue weighted by atomic mass is 28.4. The molecule has 0 bridgehead atoms. The quantitative estimate of drug-likeness (QED) is 0.0607. The molecule has 0 fully saturated rings. The van der Waals surface area contributed by atoms with Crippen LogP contribution in [0.2, 0.25) is 0 Å². The molecule has 51 heavy (non-hydrogen) atoms. The second-order valence-electron chi connectivity index (χ2n) is 13.8. The summed E-state index contributed by atoms with van der Waals surface area (Å²) in [5, 5.41) is 5.14. The van der Waals surface area contributed by atoms with E-state index in [1.54, 1.807) is 0 Å².